The van der Waals surface area contributed by atoms with Crippen molar-refractivity contribution < 1.29 is 4.74 Å². The fourth-order valence-electron chi connectivity index (χ4n) is 2.44. The third-order valence-electron chi connectivity index (χ3n) is 3.44. The summed E-state index contributed by atoms with van der Waals surface area (Å²) >= 11 is 6.58. The number of rotatable bonds is 3. The molecule has 0 aromatic heterocycles. The molecule has 2 heteroatoms. The number of benzene rings is 3. The normalized spacial score (nSPS) is 11.6. The molecule has 3 rings (SSSR count). The molecule has 1 nitrogen and oxygen atoms in total. The van der Waals surface area contributed by atoms with E-state index in [0.29, 0.717) is 5.03 Å². The fourth-order valence-corrected chi connectivity index (χ4v) is 2.76. The Labute approximate surface area is 129 Å². The van der Waals surface area contributed by atoms with Gasteiger partial charge in [-0.05, 0) is 28.5 Å². The zero-order valence-corrected chi connectivity index (χ0v) is 12.5. The van der Waals surface area contributed by atoms with Crippen LogP contribution in [0.25, 0.3) is 21.9 Å². The first-order chi connectivity index (χ1) is 10.3. The topological polar surface area (TPSA) is 9.23 Å². The molecule has 3 aromatic carbocycles. The van der Waals surface area contributed by atoms with Gasteiger partial charge in [-0.3, -0.25) is 0 Å². The van der Waals surface area contributed by atoms with Gasteiger partial charge in [0.2, 0.25) is 0 Å². The van der Waals surface area contributed by atoms with Gasteiger partial charge in [0.05, 0.1) is 12.1 Å². The summed E-state index contributed by atoms with van der Waals surface area (Å²) in [6.07, 6.45) is 1.96. The molecule has 104 valence electrons. The highest BCUT2D eigenvalue weighted by Crippen LogP contribution is 2.36. The molecule has 21 heavy (non-hydrogen) atoms. The first kappa shape index (κ1) is 13.7. The molecule has 0 spiro atoms. The van der Waals surface area contributed by atoms with Gasteiger partial charge in [-0.15, -0.1) is 0 Å². The number of hydrogen-bond acceptors (Lipinski definition) is 1. The van der Waals surface area contributed by atoms with Crippen LogP contribution >= 0.6 is 11.6 Å². The summed E-state index contributed by atoms with van der Waals surface area (Å²) in [6, 6.07) is 22.2. The Bertz CT molecular complexity index is 791. The van der Waals surface area contributed by atoms with Crippen LogP contribution in [0, 0.1) is 0 Å². The molecule has 0 N–H and O–H groups in total. The lowest BCUT2D eigenvalue weighted by atomic mass is 10.0. The van der Waals surface area contributed by atoms with Gasteiger partial charge in [-0.1, -0.05) is 72.3 Å². The molecule has 0 bridgehead atoms. The van der Waals surface area contributed by atoms with Crippen molar-refractivity contribution in [3.8, 4) is 5.75 Å². The number of methoxy groups -OCH3 is 1. The molecule has 0 radical (unpaired) electrons. The van der Waals surface area contributed by atoms with Crippen molar-refractivity contribution in [2.45, 2.75) is 0 Å². The average Bonchev–Trinajstić information content (AvgIpc) is 2.54. The van der Waals surface area contributed by atoms with Crippen LogP contribution in [0.5, 0.6) is 5.75 Å². The largest absolute Gasteiger partial charge is 0.496 e. The van der Waals surface area contributed by atoms with Crippen LogP contribution in [0.3, 0.4) is 0 Å². The Balaban J connectivity index is 2.20. The zero-order valence-electron chi connectivity index (χ0n) is 11.7. The van der Waals surface area contributed by atoms with Crippen LogP contribution in [0.4, 0.5) is 0 Å². The fraction of sp³-hybridized carbons (Fsp3) is 0.0526. The Morgan fingerprint density at radius 3 is 2.38 bits per heavy atom. The van der Waals surface area contributed by atoms with E-state index in [1.54, 1.807) is 7.11 Å². The molecule has 0 amide bonds. The van der Waals surface area contributed by atoms with Gasteiger partial charge < -0.3 is 4.74 Å². The van der Waals surface area contributed by atoms with E-state index in [0.717, 1.165) is 27.6 Å². The summed E-state index contributed by atoms with van der Waals surface area (Å²) in [5.74, 6) is 0.783. The minimum atomic E-state index is 0.676. The summed E-state index contributed by atoms with van der Waals surface area (Å²) in [4.78, 5) is 0. The van der Waals surface area contributed by atoms with Gasteiger partial charge in [-0.25, -0.2) is 0 Å². The average molecular weight is 295 g/mol. The van der Waals surface area contributed by atoms with E-state index in [-0.39, 0.29) is 0 Å². The molecule has 3 aromatic rings. The second-order valence-corrected chi connectivity index (χ2v) is 5.17. The molecule has 0 aliphatic heterocycles. The van der Waals surface area contributed by atoms with Gasteiger partial charge in [0.25, 0.3) is 0 Å². The predicted molar refractivity (Wildman–Crippen MR) is 90.7 cm³/mol. The van der Waals surface area contributed by atoms with Crippen LogP contribution in [-0.4, -0.2) is 7.11 Å². The van der Waals surface area contributed by atoms with Crippen LogP contribution in [0.2, 0.25) is 0 Å². The minimum absolute atomic E-state index is 0.676. The molecule has 0 atom stereocenters. The highest BCUT2D eigenvalue weighted by molar-refractivity contribution is 6.52. The third kappa shape index (κ3) is 2.79. The van der Waals surface area contributed by atoms with Gasteiger partial charge in [0.1, 0.15) is 5.75 Å². The first-order valence-corrected chi connectivity index (χ1v) is 7.16. The first-order valence-electron chi connectivity index (χ1n) is 6.78. The quantitative estimate of drug-likeness (QED) is 0.573. The van der Waals surface area contributed by atoms with Crippen LogP contribution in [-0.2, 0) is 0 Å². The SMILES string of the molecule is COc1ccc2ccccc2c1/C(Cl)=C/c1ccccc1. The van der Waals surface area contributed by atoms with Crippen LogP contribution in [0.1, 0.15) is 11.1 Å². The van der Waals surface area contributed by atoms with Crippen molar-refractivity contribution >= 4 is 33.5 Å². The van der Waals surface area contributed by atoms with Gasteiger partial charge in [0.15, 0.2) is 0 Å². The van der Waals surface area contributed by atoms with Crippen molar-refractivity contribution in [1.82, 2.24) is 0 Å². The molecule has 0 unspecified atom stereocenters. The zero-order chi connectivity index (χ0) is 14.7. The van der Waals surface area contributed by atoms with E-state index in [2.05, 4.69) is 12.1 Å². The lowest BCUT2D eigenvalue weighted by Crippen LogP contribution is -1.91. The number of ether oxygens (including phenoxy) is 1. The molecular weight excluding hydrogens is 280 g/mol. The van der Waals surface area contributed by atoms with E-state index in [9.17, 15) is 0 Å². The maximum absolute atomic E-state index is 6.58. The molecule has 0 saturated carbocycles. The molecule has 0 heterocycles. The van der Waals surface area contributed by atoms with Crippen molar-refractivity contribution in [3.63, 3.8) is 0 Å². The highest BCUT2D eigenvalue weighted by Gasteiger charge is 2.11. The summed E-state index contributed by atoms with van der Waals surface area (Å²) in [5.41, 5.74) is 2.00. The lowest BCUT2D eigenvalue weighted by Gasteiger charge is -2.11. The van der Waals surface area contributed by atoms with E-state index in [4.69, 9.17) is 16.3 Å². The number of halogens is 1. The minimum Gasteiger partial charge on any atom is -0.496 e. The Morgan fingerprint density at radius 1 is 0.905 bits per heavy atom. The van der Waals surface area contributed by atoms with E-state index < -0.39 is 0 Å². The van der Waals surface area contributed by atoms with Crippen molar-refractivity contribution in [1.29, 1.82) is 0 Å². The van der Waals surface area contributed by atoms with E-state index in [1.165, 1.54) is 0 Å². The second kappa shape index (κ2) is 6.02. The van der Waals surface area contributed by atoms with Crippen molar-refractivity contribution in [2.24, 2.45) is 0 Å². The predicted octanol–water partition coefficient (Wildman–Crippen LogP) is 5.59. The van der Waals surface area contributed by atoms with E-state index >= 15 is 0 Å². The smallest absolute Gasteiger partial charge is 0.128 e. The summed E-state index contributed by atoms with van der Waals surface area (Å²) in [5, 5.41) is 2.91. The number of hydrogen-bond donors (Lipinski definition) is 0. The molecule has 0 saturated heterocycles. The van der Waals surface area contributed by atoms with Crippen LogP contribution < -0.4 is 4.74 Å². The summed E-state index contributed by atoms with van der Waals surface area (Å²) < 4.78 is 5.49. The summed E-state index contributed by atoms with van der Waals surface area (Å²) in [7, 11) is 1.67. The lowest BCUT2D eigenvalue weighted by molar-refractivity contribution is 0.414. The van der Waals surface area contributed by atoms with Gasteiger partial charge >= 0.3 is 0 Å². The second-order valence-electron chi connectivity index (χ2n) is 4.77. The maximum atomic E-state index is 6.58. The molecular formula is C19H15ClO. The van der Waals surface area contributed by atoms with Gasteiger partial charge in [-0.2, -0.15) is 0 Å². The Hall–Kier alpha value is -2.25. The van der Waals surface area contributed by atoms with Crippen molar-refractivity contribution in [2.75, 3.05) is 7.11 Å². The van der Waals surface area contributed by atoms with Crippen molar-refractivity contribution in [3.05, 3.63) is 77.9 Å². The highest BCUT2D eigenvalue weighted by atomic mass is 35.5. The van der Waals surface area contributed by atoms with Gasteiger partial charge in [0, 0.05) is 5.56 Å². The maximum Gasteiger partial charge on any atom is 0.128 e. The monoisotopic (exact) mass is 294 g/mol. The summed E-state index contributed by atoms with van der Waals surface area (Å²) in [6.45, 7) is 0. The van der Waals surface area contributed by atoms with Crippen LogP contribution in [0.15, 0.2) is 66.7 Å². The molecule has 0 fully saturated rings. The Morgan fingerprint density at radius 2 is 1.62 bits per heavy atom. The molecule has 0 aliphatic carbocycles. The Kier molecular flexibility index (Phi) is 3.94. The standard InChI is InChI=1S/C19H15ClO/c1-21-18-12-11-15-9-5-6-10-16(15)19(18)17(20)13-14-7-3-2-4-8-14/h2-13H,1H3/b17-13-. The molecule has 0 aliphatic rings. The number of fused-ring (bicyclic) bond motifs is 1. The van der Waals surface area contributed by atoms with E-state index in [1.807, 2.05) is 60.7 Å². The third-order valence-corrected chi connectivity index (χ3v) is 3.74.